The Morgan fingerprint density at radius 1 is 1.17 bits per heavy atom. The van der Waals surface area contributed by atoms with Crippen molar-refractivity contribution in [1.82, 2.24) is 9.55 Å². The molecule has 0 radical (unpaired) electrons. The first-order chi connectivity index (χ1) is 14.4. The van der Waals surface area contributed by atoms with Gasteiger partial charge >= 0.3 is 0 Å². The van der Waals surface area contributed by atoms with E-state index in [9.17, 15) is 9.59 Å². The molecule has 0 unspecified atom stereocenters. The lowest BCUT2D eigenvalue weighted by Gasteiger charge is -2.08. The number of aryl methyl sites for hydroxylation is 1. The van der Waals surface area contributed by atoms with Crippen LogP contribution < -0.4 is 5.56 Å². The molecule has 4 nitrogen and oxygen atoms in total. The van der Waals surface area contributed by atoms with Gasteiger partial charge in [0.15, 0.2) is 5.78 Å². The summed E-state index contributed by atoms with van der Waals surface area (Å²) in [5.41, 5.74) is 1.91. The topological polar surface area (TPSA) is 52.0 Å². The van der Waals surface area contributed by atoms with Gasteiger partial charge in [0.25, 0.3) is 5.56 Å². The number of nitrogens with zero attached hydrogens (tertiary/aromatic N) is 2. The van der Waals surface area contributed by atoms with E-state index in [2.05, 4.69) is 27.8 Å². The summed E-state index contributed by atoms with van der Waals surface area (Å²) in [5, 5.41) is 1.24. The minimum Gasteiger partial charge on any atom is -0.292 e. The van der Waals surface area contributed by atoms with E-state index in [0.717, 1.165) is 26.9 Å². The van der Waals surface area contributed by atoms with Crippen LogP contribution in [0.3, 0.4) is 0 Å². The van der Waals surface area contributed by atoms with Crippen LogP contribution in [0.15, 0.2) is 58.1 Å². The van der Waals surface area contributed by atoms with Gasteiger partial charge in [-0.25, -0.2) is 4.98 Å². The summed E-state index contributed by atoms with van der Waals surface area (Å²) in [4.78, 5) is 32.3. The molecule has 152 valence electrons. The highest BCUT2D eigenvalue weighted by Gasteiger charge is 2.20. The van der Waals surface area contributed by atoms with Gasteiger partial charge in [0.1, 0.15) is 4.83 Å². The summed E-state index contributed by atoms with van der Waals surface area (Å²) in [7, 11) is 0. The van der Waals surface area contributed by atoms with E-state index in [-0.39, 0.29) is 22.9 Å². The zero-order valence-corrected chi connectivity index (χ0v) is 19.7. The molecular formula is C22H15BrCl2N2O2S. The first-order valence-corrected chi connectivity index (χ1v) is 11.5. The number of hydrogen-bond acceptors (Lipinski definition) is 4. The molecule has 0 fully saturated rings. The predicted molar refractivity (Wildman–Crippen MR) is 127 cm³/mol. The number of ketones is 1. The Morgan fingerprint density at radius 3 is 2.57 bits per heavy atom. The Labute approximate surface area is 195 Å². The molecular weight excluding hydrogens is 507 g/mol. The summed E-state index contributed by atoms with van der Waals surface area (Å²) in [6.45, 7) is 1.90. The monoisotopic (exact) mass is 520 g/mol. The molecule has 2 aromatic heterocycles. The van der Waals surface area contributed by atoms with Gasteiger partial charge in [-0.05, 0) is 42.3 Å². The maximum Gasteiger partial charge on any atom is 0.263 e. The van der Waals surface area contributed by atoms with Crippen LogP contribution in [0.4, 0.5) is 0 Å². The summed E-state index contributed by atoms with van der Waals surface area (Å²) < 4.78 is 2.30. The van der Waals surface area contributed by atoms with Crippen molar-refractivity contribution in [3.05, 3.63) is 84.1 Å². The zero-order valence-electron chi connectivity index (χ0n) is 15.8. The first kappa shape index (κ1) is 21.2. The third kappa shape index (κ3) is 3.97. The summed E-state index contributed by atoms with van der Waals surface area (Å²) in [6.07, 6.45) is 2.21. The molecule has 2 aromatic carbocycles. The van der Waals surface area contributed by atoms with Gasteiger partial charge < -0.3 is 0 Å². The Bertz CT molecular complexity index is 1330. The van der Waals surface area contributed by atoms with Crippen molar-refractivity contribution < 1.29 is 4.79 Å². The standard InChI is InChI=1S/C22H15BrCl2N2O2S/c1-2-18-19(12-3-5-13(23)6-4-12)20-21(30-18)26-11-27(22(20)29)10-17(28)15-8-7-14(24)9-16(15)25/h3-9,11H,2,10H2,1H3. The van der Waals surface area contributed by atoms with E-state index in [1.165, 1.54) is 28.3 Å². The average Bonchev–Trinajstić information content (AvgIpc) is 3.10. The number of thiophene rings is 1. The van der Waals surface area contributed by atoms with Gasteiger partial charge in [-0.1, -0.05) is 58.2 Å². The molecule has 0 bridgehead atoms. The van der Waals surface area contributed by atoms with Crippen LogP contribution in [0.5, 0.6) is 0 Å². The number of aromatic nitrogens is 2. The highest BCUT2D eigenvalue weighted by molar-refractivity contribution is 9.10. The third-order valence-electron chi connectivity index (χ3n) is 4.75. The number of rotatable bonds is 5. The van der Waals surface area contributed by atoms with Gasteiger partial charge in [0.05, 0.1) is 23.3 Å². The smallest absolute Gasteiger partial charge is 0.263 e. The fraction of sp³-hybridized carbons (Fsp3) is 0.136. The molecule has 30 heavy (non-hydrogen) atoms. The molecule has 0 saturated heterocycles. The second-order valence-corrected chi connectivity index (χ2v) is 9.51. The van der Waals surface area contributed by atoms with Gasteiger partial charge in [0.2, 0.25) is 0 Å². The Kier molecular flexibility index (Phi) is 6.11. The molecule has 4 aromatic rings. The van der Waals surface area contributed by atoms with E-state index in [0.29, 0.717) is 20.8 Å². The van der Waals surface area contributed by atoms with Crippen LogP contribution in [-0.2, 0) is 13.0 Å². The Morgan fingerprint density at radius 2 is 1.90 bits per heavy atom. The molecule has 0 spiro atoms. The highest BCUT2D eigenvalue weighted by atomic mass is 79.9. The van der Waals surface area contributed by atoms with Crippen molar-refractivity contribution in [2.45, 2.75) is 19.9 Å². The lowest BCUT2D eigenvalue weighted by molar-refractivity contribution is 0.0971. The lowest BCUT2D eigenvalue weighted by Crippen LogP contribution is -2.24. The quantitative estimate of drug-likeness (QED) is 0.276. The second kappa shape index (κ2) is 8.63. The zero-order chi connectivity index (χ0) is 21.4. The molecule has 0 aliphatic heterocycles. The van der Waals surface area contributed by atoms with Crippen LogP contribution in [0.2, 0.25) is 10.0 Å². The SMILES string of the molecule is CCc1sc2ncn(CC(=O)c3ccc(Cl)cc3Cl)c(=O)c2c1-c1ccc(Br)cc1. The van der Waals surface area contributed by atoms with Gasteiger partial charge in [-0.2, -0.15) is 0 Å². The predicted octanol–water partition coefficient (Wildman–Crippen LogP) is 6.64. The molecule has 0 amide bonds. The van der Waals surface area contributed by atoms with Crippen molar-refractivity contribution >= 4 is 66.5 Å². The maximum atomic E-state index is 13.3. The number of fused-ring (bicyclic) bond motifs is 1. The molecule has 0 aliphatic carbocycles. The van der Waals surface area contributed by atoms with Crippen LogP contribution in [0.25, 0.3) is 21.3 Å². The number of carbonyl (C=O) groups excluding carboxylic acids is 1. The van der Waals surface area contributed by atoms with Crippen LogP contribution in [0, 0.1) is 0 Å². The van der Waals surface area contributed by atoms with Crippen LogP contribution in [0.1, 0.15) is 22.2 Å². The first-order valence-electron chi connectivity index (χ1n) is 9.14. The molecule has 0 saturated carbocycles. The maximum absolute atomic E-state index is 13.3. The fourth-order valence-electron chi connectivity index (χ4n) is 3.31. The molecule has 4 rings (SSSR count). The number of hydrogen-bond donors (Lipinski definition) is 0. The summed E-state index contributed by atoms with van der Waals surface area (Å²) in [5.74, 6) is -0.281. The Hall–Kier alpha value is -1.99. The minimum atomic E-state index is -0.281. The number of benzene rings is 2. The van der Waals surface area contributed by atoms with Crippen LogP contribution in [-0.4, -0.2) is 15.3 Å². The molecule has 0 atom stereocenters. The molecule has 8 heteroatoms. The fourth-order valence-corrected chi connectivity index (χ4v) is 5.18. The minimum absolute atomic E-state index is 0.153. The van der Waals surface area contributed by atoms with Gasteiger partial charge in [-0.15, -0.1) is 11.3 Å². The van der Waals surface area contributed by atoms with Crippen molar-refractivity contribution in [2.75, 3.05) is 0 Å². The van der Waals surface area contributed by atoms with Crippen molar-refractivity contribution in [1.29, 1.82) is 0 Å². The largest absolute Gasteiger partial charge is 0.292 e. The summed E-state index contributed by atoms with van der Waals surface area (Å²) >= 11 is 17.0. The van der Waals surface area contributed by atoms with Crippen molar-refractivity contribution in [3.8, 4) is 11.1 Å². The van der Waals surface area contributed by atoms with Crippen molar-refractivity contribution in [3.63, 3.8) is 0 Å². The van der Waals surface area contributed by atoms with Crippen molar-refractivity contribution in [2.24, 2.45) is 0 Å². The number of carbonyl (C=O) groups is 1. The second-order valence-electron chi connectivity index (χ2n) is 6.67. The van der Waals surface area contributed by atoms with Gasteiger partial charge in [-0.3, -0.25) is 14.2 Å². The number of halogens is 3. The molecule has 2 heterocycles. The third-order valence-corrected chi connectivity index (χ3v) is 7.07. The van der Waals surface area contributed by atoms with E-state index < -0.39 is 0 Å². The summed E-state index contributed by atoms with van der Waals surface area (Å²) in [6, 6.07) is 12.5. The lowest BCUT2D eigenvalue weighted by atomic mass is 10.0. The van der Waals surface area contributed by atoms with Gasteiger partial charge in [0, 0.05) is 25.5 Å². The number of Topliss-reactive ketones (excluding diaryl/α,β-unsaturated/α-hetero) is 1. The van der Waals surface area contributed by atoms with E-state index in [1.807, 2.05) is 24.3 Å². The van der Waals surface area contributed by atoms with E-state index >= 15 is 0 Å². The molecule has 0 aliphatic rings. The molecule has 0 N–H and O–H groups in total. The van der Waals surface area contributed by atoms with E-state index in [4.69, 9.17) is 23.2 Å². The highest BCUT2D eigenvalue weighted by Crippen LogP contribution is 2.36. The van der Waals surface area contributed by atoms with E-state index in [1.54, 1.807) is 12.1 Å². The van der Waals surface area contributed by atoms with Crippen LogP contribution >= 0.6 is 50.5 Å². The normalized spacial score (nSPS) is 11.2. The average molecular weight is 522 g/mol. The Balaban J connectivity index is 1.82.